The highest BCUT2D eigenvalue weighted by Gasteiger charge is 2.35. The van der Waals surface area contributed by atoms with Gasteiger partial charge in [0.25, 0.3) is 0 Å². The predicted octanol–water partition coefficient (Wildman–Crippen LogP) is 5.36. The number of rotatable bonds is 1. The molecule has 2 unspecified atom stereocenters. The standard InChI is InChI=1S/C19H19Br2ClN2/c20-14-7-13-2-1-12-8-15(22)9-16(21)17(12)18(19(13)24-10-14)11-3-5-23-6-4-11/h1-2,7-9,11,14,18,23H,3-6,10H2. The summed E-state index contributed by atoms with van der Waals surface area (Å²) in [6, 6.07) is 4.10. The Bertz CT molecular complexity index is 748. The zero-order chi connectivity index (χ0) is 16.7. The smallest absolute Gasteiger partial charge is 0.0554 e. The van der Waals surface area contributed by atoms with E-state index in [0.29, 0.717) is 16.7 Å². The van der Waals surface area contributed by atoms with E-state index in [-0.39, 0.29) is 0 Å². The molecule has 2 atom stereocenters. The monoisotopic (exact) mass is 468 g/mol. The molecule has 24 heavy (non-hydrogen) atoms. The van der Waals surface area contributed by atoms with Gasteiger partial charge in [0.15, 0.2) is 0 Å². The molecule has 1 aliphatic carbocycles. The van der Waals surface area contributed by atoms with Crippen LogP contribution in [-0.4, -0.2) is 30.2 Å². The summed E-state index contributed by atoms with van der Waals surface area (Å²) < 4.78 is 1.10. The molecule has 1 aromatic carbocycles. The highest BCUT2D eigenvalue weighted by atomic mass is 79.9. The van der Waals surface area contributed by atoms with Gasteiger partial charge in [0.1, 0.15) is 0 Å². The van der Waals surface area contributed by atoms with Crippen molar-refractivity contribution in [2.45, 2.75) is 23.6 Å². The molecule has 5 heteroatoms. The Morgan fingerprint density at radius 2 is 1.96 bits per heavy atom. The molecule has 0 amide bonds. The first kappa shape index (κ1) is 17.0. The van der Waals surface area contributed by atoms with E-state index in [0.717, 1.165) is 29.1 Å². The van der Waals surface area contributed by atoms with E-state index in [1.165, 1.54) is 35.3 Å². The van der Waals surface area contributed by atoms with Crippen molar-refractivity contribution in [1.82, 2.24) is 5.32 Å². The molecule has 1 N–H and O–H groups in total. The first-order chi connectivity index (χ1) is 11.6. The van der Waals surface area contributed by atoms with Gasteiger partial charge < -0.3 is 5.32 Å². The Balaban J connectivity index is 1.89. The Hall–Kier alpha value is -0.420. The van der Waals surface area contributed by atoms with Gasteiger partial charge in [0.05, 0.1) is 11.4 Å². The number of hydrogen-bond acceptors (Lipinski definition) is 2. The zero-order valence-electron chi connectivity index (χ0n) is 13.2. The lowest BCUT2D eigenvalue weighted by atomic mass is 9.75. The molecule has 1 saturated heterocycles. The Morgan fingerprint density at radius 3 is 2.75 bits per heavy atom. The second kappa shape index (κ2) is 7.06. The summed E-state index contributed by atoms with van der Waals surface area (Å²) in [6.07, 6.45) is 9.06. The van der Waals surface area contributed by atoms with Crippen LogP contribution in [0.2, 0.25) is 5.02 Å². The van der Waals surface area contributed by atoms with Crippen molar-refractivity contribution >= 4 is 55.2 Å². The quantitative estimate of drug-likeness (QED) is 0.549. The van der Waals surface area contributed by atoms with Crippen LogP contribution in [0, 0.1) is 5.92 Å². The molecule has 1 fully saturated rings. The van der Waals surface area contributed by atoms with E-state index in [9.17, 15) is 0 Å². The van der Waals surface area contributed by atoms with Crippen molar-refractivity contribution in [3.8, 4) is 0 Å². The Labute approximate surface area is 164 Å². The fraction of sp³-hybridized carbons (Fsp3) is 0.421. The normalized spacial score (nSPS) is 27.0. The molecule has 1 aromatic rings. The third-order valence-corrected chi connectivity index (χ3v) is 6.55. The van der Waals surface area contributed by atoms with Crippen molar-refractivity contribution < 1.29 is 0 Å². The molecule has 4 rings (SSSR count). The van der Waals surface area contributed by atoms with Gasteiger partial charge in [-0.05, 0) is 60.7 Å². The van der Waals surface area contributed by atoms with Crippen molar-refractivity contribution in [1.29, 1.82) is 0 Å². The number of halogens is 3. The van der Waals surface area contributed by atoms with Gasteiger partial charge in [-0.2, -0.15) is 0 Å². The molecule has 126 valence electrons. The van der Waals surface area contributed by atoms with Crippen LogP contribution in [0.15, 0.2) is 39.3 Å². The van der Waals surface area contributed by atoms with Gasteiger partial charge in [0.2, 0.25) is 0 Å². The molecule has 0 aromatic heterocycles. The number of hydrogen-bond donors (Lipinski definition) is 1. The summed E-state index contributed by atoms with van der Waals surface area (Å²) in [5.41, 5.74) is 5.06. The second-order valence-electron chi connectivity index (χ2n) is 6.65. The minimum Gasteiger partial charge on any atom is -0.317 e. The van der Waals surface area contributed by atoms with Crippen LogP contribution in [0.25, 0.3) is 6.08 Å². The van der Waals surface area contributed by atoms with Crippen LogP contribution in [0.1, 0.15) is 29.9 Å². The molecular formula is C19H19Br2ClN2. The molecule has 2 nitrogen and oxygen atoms in total. The topological polar surface area (TPSA) is 24.4 Å². The van der Waals surface area contributed by atoms with Gasteiger partial charge >= 0.3 is 0 Å². The van der Waals surface area contributed by atoms with Gasteiger partial charge in [-0.25, -0.2) is 0 Å². The fourth-order valence-corrected chi connectivity index (χ4v) is 5.56. The van der Waals surface area contributed by atoms with Crippen LogP contribution in [0.4, 0.5) is 0 Å². The lowest BCUT2D eigenvalue weighted by Crippen LogP contribution is -2.35. The minimum absolute atomic E-state index is 0.322. The van der Waals surface area contributed by atoms with Crippen molar-refractivity contribution in [3.05, 3.63) is 50.5 Å². The van der Waals surface area contributed by atoms with Crippen LogP contribution in [0.3, 0.4) is 0 Å². The maximum atomic E-state index is 6.32. The number of dihydropyridines is 1. The number of piperidine rings is 1. The third kappa shape index (κ3) is 3.18. The van der Waals surface area contributed by atoms with E-state index in [4.69, 9.17) is 16.6 Å². The summed E-state index contributed by atoms with van der Waals surface area (Å²) >= 11 is 13.8. The lowest BCUT2D eigenvalue weighted by Gasteiger charge is -2.34. The van der Waals surface area contributed by atoms with Crippen LogP contribution in [-0.2, 0) is 0 Å². The summed E-state index contributed by atoms with van der Waals surface area (Å²) in [4.78, 5) is 5.31. The molecule has 0 saturated carbocycles. The Morgan fingerprint density at radius 1 is 1.17 bits per heavy atom. The minimum atomic E-state index is 0.322. The van der Waals surface area contributed by atoms with Crippen LogP contribution >= 0.6 is 43.5 Å². The van der Waals surface area contributed by atoms with Gasteiger partial charge in [-0.3, -0.25) is 4.99 Å². The average molecular weight is 471 g/mol. The summed E-state index contributed by atoms with van der Waals surface area (Å²) in [7, 11) is 0. The maximum absolute atomic E-state index is 6.32. The molecular weight excluding hydrogens is 451 g/mol. The number of benzene rings is 1. The molecule has 0 bridgehead atoms. The first-order valence-electron chi connectivity index (χ1n) is 8.42. The van der Waals surface area contributed by atoms with Crippen molar-refractivity contribution in [2.24, 2.45) is 10.9 Å². The van der Waals surface area contributed by atoms with E-state index in [1.54, 1.807) is 0 Å². The summed E-state index contributed by atoms with van der Waals surface area (Å²) in [5, 5.41) is 4.26. The SMILES string of the molecule is Clc1cc(Br)c2c(c1)C=CC1=CC(Br)CN=C1C2C1CCNCC1. The van der Waals surface area contributed by atoms with Crippen LogP contribution < -0.4 is 5.32 Å². The number of alkyl halides is 1. The molecule has 2 aliphatic heterocycles. The summed E-state index contributed by atoms with van der Waals surface area (Å²) in [5.74, 6) is 0.936. The average Bonchev–Trinajstić information content (AvgIpc) is 2.72. The number of aliphatic imine (C=N–C) groups is 1. The zero-order valence-corrected chi connectivity index (χ0v) is 17.2. The predicted molar refractivity (Wildman–Crippen MR) is 110 cm³/mol. The molecule has 3 aliphatic rings. The molecule has 2 heterocycles. The van der Waals surface area contributed by atoms with E-state index >= 15 is 0 Å². The van der Waals surface area contributed by atoms with Crippen molar-refractivity contribution in [2.75, 3.05) is 19.6 Å². The number of nitrogens with one attached hydrogen (secondary N) is 1. The van der Waals surface area contributed by atoms with Gasteiger partial charge in [-0.1, -0.05) is 61.7 Å². The lowest BCUT2D eigenvalue weighted by molar-refractivity contribution is 0.356. The number of fused-ring (bicyclic) bond motifs is 2. The molecule has 0 spiro atoms. The fourth-order valence-electron chi connectivity index (χ4n) is 4.05. The molecule has 0 radical (unpaired) electrons. The Kier molecular flexibility index (Phi) is 5.01. The van der Waals surface area contributed by atoms with Crippen LogP contribution in [0.5, 0.6) is 0 Å². The van der Waals surface area contributed by atoms with Crippen molar-refractivity contribution in [3.63, 3.8) is 0 Å². The van der Waals surface area contributed by atoms with Gasteiger partial charge in [-0.15, -0.1) is 0 Å². The third-order valence-electron chi connectivity index (χ3n) is 5.12. The highest BCUT2D eigenvalue weighted by molar-refractivity contribution is 9.10. The van der Waals surface area contributed by atoms with E-state index < -0.39 is 0 Å². The number of allylic oxidation sites excluding steroid dienone is 2. The highest BCUT2D eigenvalue weighted by Crippen LogP contribution is 2.44. The van der Waals surface area contributed by atoms with Gasteiger partial charge in [0, 0.05) is 21.1 Å². The second-order valence-corrected chi connectivity index (χ2v) is 9.12. The van der Waals surface area contributed by atoms with E-state index in [1.807, 2.05) is 6.07 Å². The number of nitrogens with zero attached hydrogens (tertiary/aromatic N) is 1. The maximum Gasteiger partial charge on any atom is 0.0554 e. The summed E-state index contributed by atoms with van der Waals surface area (Å²) in [6.45, 7) is 2.99. The largest absolute Gasteiger partial charge is 0.317 e. The first-order valence-corrected chi connectivity index (χ1v) is 10.5. The van der Waals surface area contributed by atoms with E-state index in [2.05, 4.69) is 61.5 Å².